The van der Waals surface area contributed by atoms with E-state index in [9.17, 15) is 0 Å². The Bertz CT molecular complexity index is 381. The third-order valence-corrected chi connectivity index (χ3v) is 3.06. The molecule has 0 unspecified atom stereocenters. The van der Waals surface area contributed by atoms with Crippen LogP contribution in [0.3, 0.4) is 0 Å². The molecule has 16 heavy (non-hydrogen) atoms. The van der Waals surface area contributed by atoms with Crippen molar-refractivity contribution in [3.8, 4) is 0 Å². The topological polar surface area (TPSA) is 41.3 Å². The van der Waals surface area contributed by atoms with E-state index >= 15 is 0 Å². The molecule has 0 radical (unpaired) electrons. The molecule has 1 N–H and O–H groups in total. The zero-order chi connectivity index (χ0) is 11.5. The van der Waals surface area contributed by atoms with Crippen molar-refractivity contribution in [3.05, 3.63) is 24.0 Å². The largest absolute Gasteiger partial charge is 0.392 e. The molecule has 2 heterocycles. The first-order valence-corrected chi connectivity index (χ1v) is 5.78. The van der Waals surface area contributed by atoms with Crippen molar-refractivity contribution >= 4 is 5.70 Å². The second kappa shape index (κ2) is 4.80. The van der Waals surface area contributed by atoms with Crippen LogP contribution in [0, 0.1) is 0 Å². The predicted octanol–water partition coefficient (Wildman–Crippen LogP) is 1.33. The minimum atomic E-state index is 0.0609. The van der Waals surface area contributed by atoms with Gasteiger partial charge in [0, 0.05) is 43.0 Å². The highest BCUT2D eigenvalue weighted by Gasteiger charge is 2.15. The van der Waals surface area contributed by atoms with E-state index in [4.69, 9.17) is 5.11 Å². The van der Waals surface area contributed by atoms with Crippen LogP contribution in [-0.2, 0) is 6.61 Å². The third-order valence-electron chi connectivity index (χ3n) is 3.06. The van der Waals surface area contributed by atoms with Gasteiger partial charge in [0.15, 0.2) is 0 Å². The summed E-state index contributed by atoms with van der Waals surface area (Å²) in [5.74, 6) is 0. The fourth-order valence-corrected chi connectivity index (χ4v) is 1.95. The Labute approximate surface area is 96.2 Å². The number of aliphatic hydroxyl groups excluding tert-OH is 1. The minimum Gasteiger partial charge on any atom is -0.392 e. The van der Waals surface area contributed by atoms with Crippen LogP contribution >= 0.6 is 0 Å². The van der Waals surface area contributed by atoms with E-state index in [2.05, 4.69) is 29.9 Å². The number of rotatable bonds is 3. The van der Waals surface area contributed by atoms with Crippen LogP contribution in [0.4, 0.5) is 0 Å². The number of hydrogen-bond donors (Lipinski definition) is 1. The zero-order valence-electron chi connectivity index (χ0n) is 9.93. The summed E-state index contributed by atoms with van der Waals surface area (Å²) >= 11 is 0. The molecule has 4 heteroatoms. The van der Waals surface area contributed by atoms with Crippen LogP contribution in [-0.4, -0.2) is 38.9 Å². The average molecular weight is 221 g/mol. The van der Waals surface area contributed by atoms with E-state index in [0.29, 0.717) is 6.04 Å². The Morgan fingerprint density at radius 1 is 1.50 bits per heavy atom. The molecule has 0 saturated heterocycles. The molecule has 1 aromatic heterocycles. The molecule has 1 aliphatic heterocycles. The van der Waals surface area contributed by atoms with Gasteiger partial charge in [-0.15, -0.1) is 0 Å². The normalized spacial score (nSPS) is 17.9. The SMILES string of the molecule is CC(C)N1CC=C(n2cc(CO)cn2)CC1. The van der Waals surface area contributed by atoms with Crippen molar-refractivity contribution in [1.82, 2.24) is 14.7 Å². The van der Waals surface area contributed by atoms with Crippen LogP contribution in [0.25, 0.3) is 5.70 Å². The molecule has 1 aromatic rings. The summed E-state index contributed by atoms with van der Waals surface area (Å²) in [6.45, 7) is 6.57. The van der Waals surface area contributed by atoms with Gasteiger partial charge in [-0.1, -0.05) is 0 Å². The summed E-state index contributed by atoms with van der Waals surface area (Å²) in [4.78, 5) is 2.43. The van der Waals surface area contributed by atoms with E-state index in [1.807, 2.05) is 10.9 Å². The maximum Gasteiger partial charge on any atom is 0.0712 e. The summed E-state index contributed by atoms with van der Waals surface area (Å²) < 4.78 is 1.88. The second-order valence-corrected chi connectivity index (χ2v) is 4.49. The monoisotopic (exact) mass is 221 g/mol. The van der Waals surface area contributed by atoms with Gasteiger partial charge >= 0.3 is 0 Å². The molecule has 0 aromatic carbocycles. The van der Waals surface area contributed by atoms with E-state index in [1.54, 1.807) is 6.20 Å². The number of hydrogen-bond acceptors (Lipinski definition) is 3. The van der Waals surface area contributed by atoms with Crippen LogP contribution in [0.1, 0.15) is 25.8 Å². The van der Waals surface area contributed by atoms with E-state index in [1.165, 1.54) is 5.70 Å². The van der Waals surface area contributed by atoms with Gasteiger partial charge in [-0.25, -0.2) is 4.68 Å². The first-order valence-electron chi connectivity index (χ1n) is 5.78. The Balaban J connectivity index is 2.06. The van der Waals surface area contributed by atoms with Gasteiger partial charge < -0.3 is 5.11 Å². The second-order valence-electron chi connectivity index (χ2n) is 4.49. The molecule has 0 aliphatic carbocycles. The van der Waals surface area contributed by atoms with Gasteiger partial charge in [-0.05, 0) is 19.9 Å². The summed E-state index contributed by atoms with van der Waals surface area (Å²) in [5.41, 5.74) is 2.10. The maximum atomic E-state index is 8.98. The summed E-state index contributed by atoms with van der Waals surface area (Å²) in [6.07, 6.45) is 6.86. The Kier molecular flexibility index (Phi) is 3.41. The molecule has 0 fully saturated rings. The van der Waals surface area contributed by atoms with Gasteiger partial charge in [-0.2, -0.15) is 5.10 Å². The van der Waals surface area contributed by atoms with Gasteiger partial charge in [0.25, 0.3) is 0 Å². The molecular formula is C12H19N3O. The Hall–Kier alpha value is -1.13. The molecule has 0 saturated carbocycles. The van der Waals surface area contributed by atoms with Crippen LogP contribution in [0.15, 0.2) is 18.5 Å². The lowest BCUT2D eigenvalue weighted by atomic mass is 10.1. The van der Waals surface area contributed by atoms with E-state index in [0.717, 1.165) is 25.1 Å². The minimum absolute atomic E-state index is 0.0609. The summed E-state index contributed by atoms with van der Waals surface area (Å²) in [6, 6.07) is 0.600. The summed E-state index contributed by atoms with van der Waals surface area (Å²) in [5, 5.41) is 13.2. The van der Waals surface area contributed by atoms with Crippen LogP contribution < -0.4 is 0 Å². The molecule has 1 aliphatic rings. The Morgan fingerprint density at radius 3 is 2.81 bits per heavy atom. The van der Waals surface area contributed by atoms with Crippen molar-refractivity contribution in [1.29, 1.82) is 0 Å². The predicted molar refractivity (Wildman–Crippen MR) is 63.7 cm³/mol. The molecule has 0 bridgehead atoms. The molecule has 4 nitrogen and oxygen atoms in total. The molecule has 0 amide bonds. The quantitative estimate of drug-likeness (QED) is 0.837. The molecule has 88 valence electrons. The molecule has 2 rings (SSSR count). The fourth-order valence-electron chi connectivity index (χ4n) is 1.95. The average Bonchev–Trinajstić information content (AvgIpc) is 2.77. The highest BCUT2D eigenvalue weighted by Crippen LogP contribution is 2.17. The van der Waals surface area contributed by atoms with Crippen molar-refractivity contribution in [2.24, 2.45) is 0 Å². The first-order chi connectivity index (χ1) is 7.70. The standard InChI is InChI=1S/C12H19N3O/c1-10(2)14-5-3-12(4-6-14)15-8-11(9-16)7-13-15/h3,7-8,10,16H,4-6,9H2,1-2H3. The molecule has 0 atom stereocenters. The fraction of sp³-hybridized carbons (Fsp3) is 0.583. The lowest BCUT2D eigenvalue weighted by Gasteiger charge is -2.29. The summed E-state index contributed by atoms with van der Waals surface area (Å²) in [7, 11) is 0. The highest BCUT2D eigenvalue weighted by molar-refractivity contribution is 5.46. The van der Waals surface area contributed by atoms with Crippen molar-refractivity contribution < 1.29 is 5.11 Å². The smallest absolute Gasteiger partial charge is 0.0712 e. The number of aromatic nitrogens is 2. The van der Waals surface area contributed by atoms with E-state index < -0.39 is 0 Å². The van der Waals surface area contributed by atoms with Gasteiger partial charge in [0.1, 0.15) is 0 Å². The third kappa shape index (κ3) is 2.33. The van der Waals surface area contributed by atoms with Crippen molar-refractivity contribution in [2.45, 2.75) is 32.9 Å². The van der Waals surface area contributed by atoms with E-state index in [-0.39, 0.29) is 6.61 Å². The molecule has 0 spiro atoms. The lowest BCUT2D eigenvalue weighted by Crippen LogP contribution is -2.35. The Morgan fingerprint density at radius 2 is 2.31 bits per heavy atom. The van der Waals surface area contributed by atoms with Crippen LogP contribution in [0.2, 0.25) is 0 Å². The van der Waals surface area contributed by atoms with Gasteiger partial charge in [0.2, 0.25) is 0 Å². The number of aliphatic hydroxyl groups is 1. The van der Waals surface area contributed by atoms with Crippen molar-refractivity contribution in [3.63, 3.8) is 0 Å². The lowest BCUT2D eigenvalue weighted by molar-refractivity contribution is 0.243. The van der Waals surface area contributed by atoms with Crippen LogP contribution in [0.5, 0.6) is 0 Å². The molecular weight excluding hydrogens is 202 g/mol. The zero-order valence-corrected chi connectivity index (χ0v) is 9.93. The van der Waals surface area contributed by atoms with Crippen molar-refractivity contribution in [2.75, 3.05) is 13.1 Å². The number of nitrogens with zero attached hydrogens (tertiary/aromatic N) is 3. The van der Waals surface area contributed by atoms with Gasteiger partial charge in [-0.3, -0.25) is 4.90 Å². The highest BCUT2D eigenvalue weighted by atomic mass is 16.3. The first kappa shape index (κ1) is 11.4. The maximum absolute atomic E-state index is 8.98. The van der Waals surface area contributed by atoms with Gasteiger partial charge in [0.05, 0.1) is 12.8 Å².